The van der Waals surface area contributed by atoms with Gasteiger partial charge in [0.15, 0.2) is 11.5 Å². The Hall–Kier alpha value is -4.11. The number of piperazine rings is 1. The molecule has 4 aromatic rings. The highest BCUT2D eigenvalue weighted by Gasteiger charge is 2.27. The van der Waals surface area contributed by atoms with Gasteiger partial charge in [-0.2, -0.15) is 4.98 Å². The Morgan fingerprint density at radius 1 is 0.805 bits per heavy atom. The molecule has 0 saturated carbocycles. The number of hydrogen-bond donors (Lipinski definition) is 0. The maximum atomic E-state index is 5.67. The molecule has 9 heteroatoms. The van der Waals surface area contributed by atoms with Gasteiger partial charge >= 0.3 is 0 Å². The zero-order chi connectivity index (χ0) is 28.2. The van der Waals surface area contributed by atoms with E-state index < -0.39 is 0 Å². The molecule has 0 unspecified atom stereocenters. The van der Waals surface area contributed by atoms with Crippen LogP contribution in [0.2, 0.25) is 0 Å². The number of nitrogens with zero attached hydrogens (tertiary/aromatic N) is 7. The normalized spacial score (nSPS) is 16.7. The van der Waals surface area contributed by atoms with E-state index in [1.807, 2.05) is 30.5 Å². The second-order valence-corrected chi connectivity index (χ2v) is 10.8. The average Bonchev–Trinajstić information content (AvgIpc) is 3.04. The molecule has 2 aromatic carbocycles. The molecule has 6 rings (SSSR count). The second kappa shape index (κ2) is 12.2. The van der Waals surface area contributed by atoms with Gasteiger partial charge < -0.3 is 24.2 Å². The minimum atomic E-state index is 0.391. The monoisotopic (exact) mass is 553 g/mol. The third-order valence-electron chi connectivity index (χ3n) is 8.39. The van der Waals surface area contributed by atoms with Crippen LogP contribution in [0.25, 0.3) is 10.9 Å². The molecule has 0 amide bonds. The summed E-state index contributed by atoms with van der Waals surface area (Å²) in [4.78, 5) is 24.3. The van der Waals surface area contributed by atoms with Crippen LogP contribution in [-0.2, 0) is 6.54 Å². The van der Waals surface area contributed by atoms with Crippen LogP contribution < -0.4 is 24.2 Å². The van der Waals surface area contributed by atoms with Crippen molar-refractivity contribution in [2.24, 2.45) is 0 Å². The fourth-order valence-corrected chi connectivity index (χ4v) is 5.99. The van der Waals surface area contributed by atoms with Crippen molar-refractivity contribution in [2.45, 2.75) is 25.4 Å². The van der Waals surface area contributed by atoms with Crippen LogP contribution in [0, 0.1) is 0 Å². The van der Waals surface area contributed by atoms with Gasteiger partial charge in [0.1, 0.15) is 11.6 Å². The first-order chi connectivity index (χ1) is 20.1. The topological polar surface area (TPSA) is 70.1 Å². The highest BCUT2D eigenvalue weighted by Crippen LogP contribution is 2.37. The zero-order valence-corrected chi connectivity index (χ0v) is 24.2. The summed E-state index contributed by atoms with van der Waals surface area (Å²) >= 11 is 0. The number of rotatable bonds is 8. The summed E-state index contributed by atoms with van der Waals surface area (Å²) in [5.41, 5.74) is 2.23. The van der Waals surface area contributed by atoms with E-state index in [0.717, 1.165) is 87.1 Å². The third-order valence-corrected chi connectivity index (χ3v) is 8.39. The van der Waals surface area contributed by atoms with Crippen LogP contribution in [0.4, 0.5) is 17.6 Å². The van der Waals surface area contributed by atoms with Crippen LogP contribution in [0.3, 0.4) is 0 Å². The molecule has 2 saturated heterocycles. The van der Waals surface area contributed by atoms with Crippen molar-refractivity contribution in [2.75, 3.05) is 75.2 Å². The van der Waals surface area contributed by atoms with E-state index in [4.69, 9.17) is 19.4 Å². The number of benzene rings is 2. The summed E-state index contributed by atoms with van der Waals surface area (Å²) in [5.74, 6) is 4.08. The summed E-state index contributed by atoms with van der Waals surface area (Å²) in [5, 5.41) is 0.979. The molecule has 0 N–H and O–H groups in total. The Kier molecular flexibility index (Phi) is 8.04. The molecule has 2 aliphatic heterocycles. The van der Waals surface area contributed by atoms with Crippen molar-refractivity contribution in [1.82, 2.24) is 19.9 Å². The molecule has 0 atom stereocenters. The first-order valence-electron chi connectivity index (χ1n) is 14.5. The minimum absolute atomic E-state index is 0.391. The van der Waals surface area contributed by atoms with E-state index in [1.54, 1.807) is 14.2 Å². The number of pyridine rings is 1. The molecule has 0 aliphatic carbocycles. The average molecular weight is 554 g/mol. The van der Waals surface area contributed by atoms with Gasteiger partial charge in [-0.25, -0.2) is 9.97 Å². The SMILES string of the molecule is COc1cc2nc(N3CCN(c4ccccn4)CC3)nc(N(C)C3CCN(Cc4ccccc4)CC3)c2cc1OC. The smallest absolute Gasteiger partial charge is 0.228 e. The molecule has 0 radical (unpaired) electrons. The van der Waals surface area contributed by atoms with Crippen molar-refractivity contribution >= 4 is 28.5 Å². The third kappa shape index (κ3) is 5.86. The molecule has 4 heterocycles. The largest absolute Gasteiger partial charge is 0.493 e. The predicted octanol–water partition coefficient (Wildman–Crippen LogP) is 4.47. The number of hydrogen-bond acceptors (Lipinski definition) is 9. The van der Waals surface area contributed by atoms with E-state index in [1.165, 1.54) is 5.56 Å². The maximum Gasteiger partial charge on any atom is 0.228 e. The molecule has 214 valence electrons. The molecule has 0 spiro atoms. The standard InChI is InChI=1S/C32H39N7O2/c1-36(25-12-15-37(16-13-25)23-24-9-5-4-6-10-24)31-26-21-28(40-2)29(41-3)22-27(26)34-32(35-31)39-19-17-38(18-20-39)30-11-7-8-14-33-30/h4-11,14,21-22,25H,12-13,15-20,23H2,1-3H3. The lowest BCUT2D eigenvalue weighted by Crippen LogP contribution is -2.47. The molecule has 41 heavy (non-hydrogen) atoms. The van der Waals surface area contributed by atoms with Crippen LogP contribution in [-0.4, -0.2) is 86.4 Å². The molecular weight excluding hydrogens is 514 g/mol. The van der Waals surface area contributed by atoms with Gasteiger partial charge in [0, 0.05) is 76.6 Å². The van der Waals surface area contributed by atoms with E-state index in [9.17, 15) is 0 Å². The zero-order valence-electron chi connectivity index (χ0n) is 24.2. The fraction of sp³-hybridized carbons (Fsp3) is 0.406. The number of aromatic nitrogens is 3. The Bertz CT molecular complexity index is 1440. The lowest BCUT2D eigenvalue weighted by Gasteiger charge is -2.38. The van der Waals surface area contributed by atoms with Crippen LogP contribution >= 0.6 is 0 Å². The number of likely N-dealkylation sites (tertiary alicyclic amines) is 1. The van der Waals surface area contributed by atoms with Crippen LogP contribution in [0.15, 0.2) is 66.9 Å². The Morgan fingerprint density at radius 2 is 1.49 bits per heavy atom. The van der Waals surface area contributed by atoms with Gasteiger partial charge in [-0.05, 0) is 36.6 Å². The first-order valence-corrected chi connectivity index (χ1v) is 14.5. The lowest BCUT2D eigenvalue weighted by molar-refractivity contribution is 0.203. The highest BCUT2D eigenvalue weighted by atomic mass is 16.5. The van der Waals surface area contributed by atoms with Crippen LogP contribution in [0.5, 0.6) is 11.5 Å². The summed E-state index contributed by atoms with van der Waals surface area (Å²) < 4.78 is 11.3. The van der Waals surface area contributed by atoms with E-state index in [2.05, 4.69) is 68.0 Å². The van der Waals surface area contributed by atoms with Crippen molar-refractivity contribution in [3.8, 4) is 11.5 Å². The fourth-order valence-electron chi connectivity index (χ4n) is 5.99. The van der Waals surface area contributed by atoms with Crippen molar-refractivity contribution in [1.29, 1.82) is 0 Å². The van der Waals surface area contributed by atoms with E-state index in [-0.39, 0.29) is 0 Å². The quantitative estimate of drug-likeness (QED) is 0.314. The van der Waals surface area contributed by atoms with Crippen molar-refractivity contribution < 1.29 is 9.47 Å². The predicted molar refractivity (Wildman–Crippen MR) is 164 cm³/mol. The summed E-state index contributed by atoms with van der Waals surface area (Å²) in [6.45, 7) is 6.52. The summed E-state index contributed by atoms with van der Waals surface area (Å²) in [6, 6.07) is 21.2. The number of piperidine rings is 1. The molecule has 0 bridgehead atoms. The summed E-state index contributed by atoms with van der Waals surface area (Å²) in [6.07, 6.45) is 4.02. The minimum Gasteiger partial charge on any atom is -0.493 e. The second-order valence-electron chi connectivity index (χ2n) is 10.8. The number of anilines is 3. The van der Waals surface area contributed by atoms with Crippen molar-refractivity contribution in [3.05, 3.63) is 72.4 Å². The first kappa shape index (κ1) is 27.1. The number of methoxy groups -OCH3 is 2. The van der Waals surface area contributed by atoms with Gasteiger partial charge in [0.2, 0.25) is 5.95 Å². The lowest BCUT2D eigenvalue weighted by atomic mass is 10.0. The molecule has 2 aliphatic rings. The Balaban J connectivity index is 1.25. The van der Waals surface area contributed by atoms with Gasteiger partial charge in [-0.15, -0.1) is 0 Å². The van der Waals surface area contributed by atoms with Crippen LogP contribution in [0.1, 0.15) is 18.4 Å². The van der Waals surface area contributed by atoms with Gasteiger partial charge in [-0.3, -0.25) is 4.90 Å². The van der Waals surface area contributed by atoms with E-state index >= 15 is 0 Å². The van der Waals surface area contributed by atoms with E-state index in [0.29, 0.717) is 17.5 Å². The van der Waals surface area contributed by atoms with Gasteiger partial charge in [0.05, 0.1) is 19.7 Å². The Labute approximate surface area is 242 Å². The molecule has 2 aromatic heterocycles. The number of fused-ring (bicyclic) bond motifs is 1. The Morgan fingerprint density at radius 3 is 2.17 bits per heavy atom. The molecular formula is C32H39N7O2. The van der Waals surface area contributed by atoms with Gasteiger partial charge in [-0.1, -0.05) is 36.4 Å². The summed E-state index contributed by atoms with van der Waals surface area (Å²) in [7, 11) is 5.52. The maximum absolute atomic E-state index is 5.67. The number of ether oxygens (including phenoxy) is 2. The van der Waals surface area contributed by atoms with Crippen molar-refractivity contribution in [3.63, 3.8) is 0 Å². The van der Waals surface area contributed by atoms with Gasteiger partial charge in [0.25, 0.3) is 0 Å². The molecule has 9 nitrogen and oxygen atoms in total. The highest BCUT2D eigenvalue weighted by molar-refractivity contribution is 5.93. The molecule has 2 fully saturated rings.